The van der Waals surface area contributed by atoms with Crippen molar-refractivity contribution in [2.24, 2.45) is 5.92 Å². The first-order valence-electron chi connectivity index (χ1n) is 13.2. The lowest BCUT2D eigenvalue weighted by Gasteiger charge is -2.33. The summed E-state index contributed by atoms with van der Waals surface area (Å²) in [6.45, 7) is 4.45. The van der Waals surface area contributed by atoms with Crippen molar-refractivity contribution in [2.75, 3.05) is 7.11 Å². The SMILES string of the molecule is COc1cc(C)c(S(=O)(=O)N(Cc2ccc3[nH]ccc3c2)C(C(=O)NOCc2ccccc2)C(C)C(=O)NO)cc1C. The Kier molecular flexibility index (Phi) is 9.63. The molecule has 0 saturated heterocycles. The summed E-state index contributed by atoms with van der Waals surface area (Å²) in [6.07, 6.45) is 1.76. The van der Waals surface area contributed by atoms with E-state index < -0.39 is 33.8 Å². The first kappa shape index (κ1) is 30.7. The summed E-state index contributed by atoms with van der Waals surface area (Å²) in [6, 6.07) is 17.7. The van der Waals surface area contributed by atoms with E-state index in [9.17, 15) is 23.2 Å². The van der Waals surface area contributed by atoms with Gasteiger partial charge >= 0.3 is 0 Å². The summed E-state index contributed by atoms with van der Waals surface area (Å²) >= 11 is 0. The standard InChI is InChI=1S/C30H34N4O7S/c1-19-15-27(20(2)14-26(19)40-4)42(38,39)34(17-23-10-11-25-24(16-23)12-13-31-25)28(21(3)29(35)32-37)30(36)33-41-18-22-8-6-5-7-9-22/h5-16,21,28,31,37H,17-18H2,1-4H3,(H,32,35)(H,33,36). The number of amides is 2. The molecule has 222 valence electrons. The zero-order chi connectivity index (χ0) is 30.4. The number of fused-ring (bicyclic) bond motifs is 1. The van der Waals surface area contributed by atoms with Crippen molar-refractivity contribution in [1.82, 2.24) is 20.2 Å². The normalized spacial score (nSPS) is 13.1. The van der Waals surface area contributed by atoms with Crippen LogP contribution >= 0.6 is 0 Å². The highest BCUT2D eigenvalue weighted by Crippen LogP contribution is 2.31. The van der Waals surface area contributed by atoms with E-state index in [0.717, 1.165) is 20.8 Å². The second-order valence-corrected chi connectivity index (χ2v) is 11.8. The summed E-state index contributed by atoms with van der Waals surface area (Å²) in [5.41, 5.74) is 7.03. The van der Waals surface area contributed by atoms with Gasteiger partial charge in [-0.1, -0.05) is 43.3 Å². The fraction of sp³-hybridized carbons (Fsp3) is 0.267. The number of nitrogens with zero attached hydrogens (tertiary/aromatic N) is 1. The number of hydrogen-bond donors (Lipinski definition) is 4. The molecule has 0 fully saturated rings. The third-order valence-electron chi connectivity index (χ3n) is 7.07. The summed E-state index contributed by atoms with van der Waals surface area (Å²) in [4.78, 5) is 34.9. The molecule has 2 atom stereocenters. The monoisotopic (exact) mass is 594 g/mol. The number of benzene rings is 3. The number of methoxy groups -OCH3 is 1. The Labute approximate surface area is 244 Å². The Morgan fingerprint density at radius 3 is 2.40 bits per heavy atom. The molecule has 0 radical (unpaired) electrons. The molecule has 0 aliphatic carbocycles. The first-order chi connectivity index (χ1) is 20.1. The molecule has 11 nitrogen and oxygen atoms in total. The van der Waals surface area contributed by atoms with Gasteiger partial charge in [0, 0.05) is 18.3 Å². The Bertz CT molecular complexity index is 1670. The van der Waals surface area contributed by atoms with Crippen LogP contribution in [0.4, 0.5) is 0 Å². The third-order valence-corrected chi connectivity index (χ3v) is 9.04. The van der Waals surface area contributed by atoms with Gasteiger partial charge in [-0.3, -0.25) is 19.6 Å². The summed E-state index contributed by atoms with van der Waals surface area (Å²) in [5.74, 6) is -2.63. The highest BCUT2D eigenvalue weighted by atomic mass is 32.2. The van der Waals surface area contributed by atoms with Crippen LogP contribution in [0.1, 0.15) is 29.2 Å². The fourth-order valence-electron chi connectivity index (χ4n) is 4.78. The smallest absolute Gasteiger partial charge is 0.262 e. The van der Waals surface area contributed by atoms with E-state index in [-0.39, 0.29) is 18.0 Å². The number of H-pyrrole nitrogens is 1. The van der Waals surface area contributed by atoms with Gasteiger partial charge < -0.3 is 9.72 Å². The highest BCUT2D eigenvalue weighted by molar-refractivity contribution is 7.89. The van der Waals surface area contributed by atoms with Crippen molar-refractivity contribution in [3.05, 3.63) is 95.2 Å². The number of aromatic nitrogens is 1. The molecule has 2 amide bonds. The van der Waals surface area contributed by atoms with Crippen LogP contribution in [0.3, 0.4) is 0 Å². The molecule has 2 unspecified atom stereocenters. The Morgan fingerprint density at radius 1 is 0.976 bits per heavy atom. The van der Waals surface area contributed by atoms with E-state index in [0.29, 0.717) is 22.4 Å². The zero-order valence-electron chi connectivity index (χ0n) is 23.7. The Hall–Kier alpha value is -4.23. The fourth-order valence-corrected chi connectivity index (χ4v) is 6.72. The van der Waals surface area contributed by atoms with Gasteiger partial charge in [-0.15, -0.1) is 0 Å². The van der Waals surface area contributed by atoms with Crippen LogP contribution in [-0.4, -0.2) is 47.9 Å². The summed E-state index contributed by atoms with van der Waals surface area (Å²) < 4.78 is 35.2. The minimum Gasteiger partial charge on any atom is -0.496 e. The lowest BCUT2D eigenvalue weighted by molar-refractivity contribution is -0.146. The Morgan fingerprint density at radius 2 is 1.71 bits per heavy atom. The molecule has 0 aliphatic heterocycles. The third kappa shape index (κ3) is 6.63. The topological polar surface area (TPSA) is 150 Å². The maximum Gasteiger partial charge on any atom is 0.262 e. The molecule has 4 rings (SSSR count). The van der Waals surface area contributed by atoms with Gasteiger partial charge in [0.25, 0.3) is 5.91 Å². The number of aromatic amines is 1. The average molecular weight is 595 g/mol. The molecule has 1 aromatic heterocycles. The average Bonchev–Trinajstić information content (AvgIpc) is 3.45. The number of ether oxygens (including phenoxy) is 1. The van der Waals surface area contributed by atoms with Gasteiger partial charge in [-0.25, -0.2) is 19.4 Å². The van der Waals surface area contributed by atoms with Gasteiger partial charge in [0.05, 0.1) is 24.5 Å². The van der Waals surface area contributed by atoms with Crippen molar-refractivity contribution in [1.29, 1.82) is 0 Å². The lowest BCUT2D eigenvalue weighted by Crippen LogP contribution is -2.55. The first-order valence-corrected chi connectivity index (χ1v) is 14.6. The van der Waals surface area contributed by atoms with Gasteiger partial charge in [-0.2, -0.15) is 4.31 Å². The molecule has 0 aliphatic rings. The van der Waals surface area contributed by atoms with Crippen LogP contribution in [-0.2, 0) is 37.6 Å². The highest BCUT2D eigenvalue weighted by Gasteiger charge is 2.43. The molecule has 12 heteroatoms. The molecule has 0 saturated carbocycles. The van der Waals surface area contributed by atoms with Crippen LogP contribution in [0.2, 0.25) is 0 Å². The van der Waals surface area contributed by atoms with Crippen LogP contribution in [0.15, 0.2) is 77.8 Å². The van der Waals surface area contributed by atoms with Crippen molar-refractivity contribution >= 4 is 32.7 Å². The van der Waals surface area contributed by atoms with E-state index >= 15 is 0 Å². The van der Waals surface area contributed by atoms with Crippen molar-refractivity contribution in [2.45, 2.75) is 44.9 Å². The van der Waals surface area contributed by atoms with Crippen molar-refractivity contribution < 1.29 is 32.8 Å². The molecule has 0 spiro atoms. The number of hydroxylamine groups is 2. The lowest BCUT2D eigenvalue weighted by atomic mass is 10.00. The number of nitrogens with one attached hydrogen (secondary N) is 3. The predicted octanol–water partition coefficient (Wildman–Crippen LogP) is 3.74. The van der Waals surface area contributed by atoms with Crippen molar-refractivity contribution in [3.63, 3.8) is 0 Å². The molecule has 42 heavy (non-hydrogen) atoms. The van der Waals surface area contributed by atoms with E-state index in [1.165, 1.54) is 20.1 Å². The largest absolute Gasteiger partial charge is 0.496 e. The minimum absolute atomic E-state index is 0.00751. The van der Waals surface area contributed by atoms with Gasteiger partial charge in [0.2, 0.25) is 15.9 Å². The predicted molar refractivity (Wildman–Crippen MR) is 156 cm³/mol. The molecule has 4 N–H and O–H groups in total. The molecule has 4 aromatic rings. The molecular formula is C30H34N4O7S. The summed E-state index contributed by atoms with van der Waals surface area (Å²) in [7, 11) is -2.94. The van der Waals surface area contributed by atoms with E-state index in [1.807, 2.05) is 24.3 Å². The molecule has 3 aromatic carbocycles. The number of carbonyl (C=O) groups is 2. The van der Waals surface area contributed by atoms with Gasteiger partial charge in [0.1, 0.15) is 11.8 Å². The van der Waals surface area contributed by atoms with Crippen molar-refractivity contribution in [3.8, 4) is 5.75 Å². The van der Waals surface area contributed by atoms with Crippen LogP contribution in [0, 0.1) is 19.8 Å². The zero-order valence-corrected chi connectivity index (χ0v) is 24.6. The number of carbonyl (C=O) groups excluding carboxylic acids is 2. The quantitative estimate of drug-likeness (QED) is 0.144. The minimum atomic E-state index is -4.43. The van der Waals surface area contributed by atoms with Gasteiger partial charge in [0.15, 0.2) is 0 Å². The van der Waals surface area contributed by atoms with Crippen LogP contribution < -0.4 is 15.7 Å². The second kappa shape index (κ2) is 13.2. The van der Waals surface area contributed by atoms with Crippen LogP contribution in [0.25, 0.3) is 10.9 Å². The molecular weight excluding hydrogens is 560 g/mol. The number of hydrogen-bond acceptors (Lipinski definition) is 7. The Balaban J connectivity index is 1.79. The molecule has 1 heterocycles. The maximum absolute atomic E-state index is 14.4. The second-order valence-electron chi connectivity index (χ2n) is 9.99. The molecule has 0 bridgehead atoms. The maximum atomic E-state index is 14.4. The number of rotatable bonds is 12. The van der Waals surface area contributed by atoms with Crippen LogP contribution in [0.5, 0.6) is 5.75 Å². The number of aryl methyl sites for hydroxylation is 2. The van der Waals surface area contributed by atoms with E-state index in [4.69, 9.17) is 9.57 Å². The van der Waals surface area contributed by atoms with E-state index in [2.05, 4.69) is 10.5 Å². The number of sulfonamides is 1. The van der Waals surface area contributed by atoms with Gasteiger partial charge in [-0.05, 0) is 71.8 Å². The van der Waals surface area contributed by atoms with E-state index in [1.54, 1.807) is 61.9 Å². The summed E-state index contributed by atoms with van der Waals surface area (Å²) in [5, 5.41) is 10.3.